The summed E-state index contributed by atoms with van der Waals surface area (Å²) in [5.41, 5.74) is 0. The molecule has 2 rings (SSSR count). The van der Waals surface area contributed by atoms with E-state index in [1.165, 1.54) is 24.5 Å². The number of ketones is 1. The van der Waals surface area contributed by atoms with E-state index in [0.717, 1.165) is 0 Å². The van der Waals surface area contributed by atoms with Crippen LogP contribution in [0.1, 0.15) is 16.3 Å². The van der Waals surface area contributed by atoms with Gasteiger partial charge in [0.25, 0.3) is 5.78 Å². The zero-order chi connectivity index (χ0) is 8.39. The van der Waals surface area contributed by atoms with E-state index < -0.39 is 0 Å². The largest absolute Gasteiger partial charge is 0.353 e. The van der Waals surface area contributed by atoms with E-state index >= 15 is 0 Å². The van der Waals surface area contributed by atoms with Crippen LogP contribution in [0.3, 0.4) is 0 Å². The molecule has 60 valence electrons. The van der Waals surface area contributed by atoms with Crippen LogP contribution < -0.4 is 0 Å². The second kappa shape index (κ2) is 2.61. The number of nitrogens with zero attached hydrogens (tertiary/aromatic N) is 2. The van der Waals surface area contributed by atoms with Gasteiger partial charge in [-0.1, -0.05) is 10.3 Å². The summed E-state index contributed by atoms with van der Waals surface area (Å²) in [6.45, 7) is 0. The van der Waals surface area contributed by atoms with Crippen LogP contribution in [0.15, 0.2) is 33.6 Å². The third-order valence-electron chi connectivity index (χ3n) is 1.32. The molecule has 0 saturated heterocycles. The lowest BCUT2D eigenvalue weighted by atomic mass is 10.2. The normalized spacial score (nSPS) is 10.0. The average Bonchev–Trinajstić information content (AvgIpc) is 2.77. The van der Waals surface area contributed by atoms with Crippen molar-refractivity contribution in [3.8, 4) is 0 Å². The van der Waals surface area contributed by atoms with Crippen molar-refractivity contribution >= 4 is 5.78 Å². The summed E-state index contributed by atoms with van der Waals surface area (Å²) < 4.78 is 9.26. The van der Waals surface area contributed by atoms with Gasteiger partial charge in [-0.3, -0.25) is 4.79 Å². The van der Waals surface area contributed by atoms with Crippen molar-refractivity contribution in [3.05, 3.63) is 36.0 Å². The third kappa shape index (κ3) is 1.01. The van der Waals surface area contributed by atoms with Crippen LogP contribution in [0, 0.1) is 0 Å². The van der Waals surface area contributed by atoms with E-state index in [2.05, 4.69) is 19.4 Å². The molecule has 2 aromatic heterocycles. The first-order chi connectivity index (χ1) is 5.88. The fraction of sp³-hybridized carbons (Fsp3) is 0. The summed E-state index contributed by atoms with van der Waals surface area (Å²) >= 11 is 0. The van der Waals surface area contributed by atoms with Crippen LogP contribution in [0.4, 0.5) is 0 Å². The van der Waals surface area contributed by atoms with Gasteiger partial charge in [0, 0.05) is 12.1 Å². The van der Waals surface area contributed by atoms with Crippen molar-refractivity contribution in [1.82, 2.24) is 10.3 Å². The third-order valence-corrected chi connectivity index (χ3v) is 1.32. The van der Waals surface area contributed by atoms with Gasteiger partial charge in [-0.2, -0.15) is 0 Å². The molecule has 12 heavy (non-hydrogen) atoms. The SMILES string of the molecule is O=C(c1ccno1)c1ccno1. The van der Waals surface area contributed by atoms with Gasteiger partial charge in [0.2, 0.25) is 11.5 Å². The minimum absolute atomic E-state index is 0.145. The Kier molecular flexibility index (Phi) is 1.48. The molecule has 0 saturated carbocycles. The summed E-state index contributed by atoms with van der Waals surface area (Å²) in [5, 5.41) is 6.79. The molecule has 0 spiro atoms. The number of carbonyl (C=O) groups excluding carboxylic acids is 1. The van der Waals surface area contributed by atoms with Gasteiger partial charge in [-0.25, -0.2) is 0 Å². The number of hydrogen-bond acceptors (Lipinski definition) is 5. The van der Waals surface area contributed by atoms with Crippen molar-refractivity contribution in [1.29, 1.82) is 0 Å². The second-order valence-electron chi connectivity index (χ2n) is 2.08. The molecular weight excluding hydrogens is 160 g/mol. The van der Waals surface area contributed by atoms with Gasteiger partial charge in [-0.05, 0) is 0 Å². The maximum Gasteiger partial charge on any atom is 0.268 e. The van der Waals surface area contributed by atoms with E-state index in [1.54, 1.807) is 0 Å². The Labute approximate surface area is 66.9 Å². The van der Waals surface area contributed by atoms with Gasteiger partial charge in [-0.15, -0.1) is 0 Å². The lowest BCUT2D eigenvalue weighted by molar-refractivity contribution is 0.0965. The minimum Gasteiger partial charge on any atom is -0.353 e. The Morgan fingerprint density at radius 2 is 1.58 bits per heavy atom. The van der Waals surface area contributed by atoms with Crippen LogP contribution in [0.2, 0.25) is 0 Å². The van der Waals surface area contributed by atoms with Gasteiger partial charge < -0.3 is 9.05 Å². The lowest BCUT2D eigenvalue weighted by Crippen LogP contribution is -1.96. The van der Waals surface area contributed by atoms with Crippen molar-refractivity contribution in [2.45, 2.75) is 0 Å². The topological polar surface area (TPSA) is 69.1 Å². The highest BCUT2D eigenvalue weighted by molar-refractivity contribution is 6.04. The summed E-state index contributed by atoms with van der Waals surface area (Å²) in [6, 6.07) is 2.93. The summed E-state index contributed by atoms with van der Waals surface area (Å²) in [4.78, 5) is 11.3. The first-order valence-corrected chi connectivity index (χ1v) is 3.24. The van der Waals surface area contributed by atoms with Crippen molar-refractivity contribution in [2.24, 2.45) is 0 Å². The molecule has 0 radical (unpaired) electrons. The molecule has 0 amide bonds. The van der Waals surface area contributed by atoms with E-state index in [-0.39, 0.29) is 17.3 Å². The zero-order valence-corrected chi connectivity index (χ0v) is 5.93. The average molecular weight is 164 g/mol. The Morgan fingerprint density at radius 3 is 1.92 bits per heavy atom. The highest BCUT2D eigenvalue weighted by Crippen LogP contribution is 2.06. The maximum atomic E-state index is 11.3. The lowest BCUT2D eigenvalue weighted by Gasteiger charge is -1.85. The van der Waals surface area contributed by atoms with Gasteiger partial charge in [0.05, 0.1) is 12.4 Å². The van der Waals surface area contributed by atoms with Crippen LogP contribution >= 0.6 is 0 Å². The quantitative estimate of drug-likeness (QED) is 0.616. The summed E-state index contributed by atoms with van der Waals surface area (Å²) in [7, 11) is 0. The Morgan fingerprint density at radius 1 is 1.08 bits per heavy atom. The van der Waals surface area contributed by atoms with Crippen molar-refractivity contribution in [2.75, 3.05) is 0 Å². The van der Waals surface area contributed by atoms with Crippen molar-refractivity contribution in [3.63, 3.8) is 0 Å². The molecule has 2 aromatic rings. The highest BCUT2D eigenvalue weighted by atomic mass is 16.5. The number of carbonyl (C=O) groups is 1. The van der Waals surface area contributed by atoms with Gasteiger partial charge >= 0.3 is 0 Å². The molecule has 0 fully saturated rings. The Bertz CT molecular complexity index is 327. The first-order valence-electron chi connectivity index (χ1n) is 3.24. The monoisotopic (exact) mass is 164 g/mol. The van der Waals surface area contributed by atoms with Crippen LogP contribution in [-0.4, -0.2) is 16.1 Å². The van der Waals surface area contributed by atoms with E-state index in [4.69, 9.17) is 0 Å². The molecule has 0 aliphatic carbocycles. The predicted molar refractivity (Wildman–Crippen MR) is 36.4 cm³/mol. The molecule has 0 aliphatic heterocycles. The summed E-state index contributed by atoms with van der Waals surface area (Å²) in [6.07, 6.45) is 2.78. The Balaban J connectivity index is 2.34. The predicted octanol–water partition coefficient (Wildman–Crippen LogP) is 0.894. The highest BCUT2D eigenvalue weighted by Gasteiger charge is 2.15. The molecule has 5 heteroatoms. The van der Waals surface area contributed by atoms with Gasteiger partial charge in [0.15, 0.2) is 0 Å². The fourth-order valence-corrected chi connectivity index (χ4v) is 0.787. The molecule has 0 bridgehead atoms. The number of aromatic nitrogens is 2. The standard InChI is InChI=1S/C7H4N2O3/c10-7(5-1-3-8-11-5)6-2-4-9-12-6/h1-4H. The molecule has 0 aliphatic rings. The molecular formula is C7H4N2O3. The van der Waals surface area contributed by atoms with E-state index in [1.807, 2.05) is 0 Å². The molecule has 2 heterocycles. The molecule has 5 nitrogen and oxygen atoms in total. The summed E-state index contributed by atoms with van der Waals surface area (Å²) in [5.74, 6) is -0.0662. The van der Waals surface area contributed by atoms with Crippen molar-refractivity contribution < 1.29 is 13.8 Å². The maximum absolute atomic E-state index is 11.3. The van der Waals surface area contributed by atoms with Crippen LogP contribution in [0.25, 0.3) is 0 Å². The molecule has 0 unspecified atom stereocenters. The minimum atomic E-state index is -0.356. The van der Waals surface area contributed by atoms with Crippen LogP contribution in [0.5, 0.6) is 0 Å². The number of rotatable bonds is 2. The number of hydrogen-bond donors (Lipinski definition) is 0. The first kappa shape index (κ1) is 6.78. The Hall–Kier alpha value is -1.91. The van der Waals surface area contributed by atoms with Gasteiger partial charge in [0.1, 0.15) is 0 Å². The van der Waals surface area contributed by atoms with Crippen LogP contribution in [-0.2, 0) is 0 Å². The molecule has 0 atom stereocenters. The molecule has 0 N–H and O–H groups in total. The van der Waals surface area contributed by atoms with E-state index in [9.17, 15) is 4.79 Å². The smallest absolute Gasteiger partial charge is 0.268 e. The fourth-order valence-electron chi connectivity index (χ4n) is 0.787. The molecule has 0 aromatic carbocycles. The second-order valence-corrected chi connectivity index (χ2v) is 2.08. The van der Waals surface area contributed by atoms with E-state index in [0.29, 0.717) is 0 Å². The zero-order valence-electron chi connectivity index (χ0n) is 5.93.